The molecule has 0 bridgehead atoms. The number of nitrogens with one attached hydrogen (secondary N) is 1. The molecule has 2 N–H and O–H groups in total. The fraction of sp³-hybridized carbons (Fsp3) is 0.235. The number of esters is 2. The van der Waals surface area contributed by atoms with E-state index in [0.29, 0.717) is 10.6 Å². The lowest BCUT2D eigenvalue weighted by Crippen LogP contribution is -2.22. The highest BCUT2D eigenvalue weighted by atomic mass is 35.5. The van der Waals surface area contributed by atoms with Gasteiger partial charge in [0.25, 0.3) is 5.56 Å². The summed E-state index contributed by atoms with van der Waals surface area (Å²) in [6.45, 7) is 0. The fourth-order valence-electron chi connectivity index (χ4n) is 2.53. The minimum Gasteiger partial charge on any atom is -0.506 e. The molecule has 0 fully saturated rings. The Morgan fingerprint density at radius 3 is 2.50 bits per heavy atom. The van der Waals surface area contributed by atoms with Crippen LogP contribution >= 0.6 is 23.2 Å². The number of aromatic amines is 1. The van der Waals surface area contributed by atoms with Gasteiger partial charge in [-0.1, -0.05) is 29.3 Å². The van der Waals surface area contributed by atoms with E-state index in [4.69, 9.17) is 23.2 Å². The highest BCUT2D eigenvalue weighted by Crippen LogP contribution is 2.37. The van der Waals surface area contributed by atoms with Crippen molar-refractivity contribution in [2.45, 2.75) is 12.3 Å². The molecule has 0 saturated heterocycles. The normalized spacial score (nSPS) is 11.7. The summed E-state index contributed by atoms with van der Waals surface area (Å²) in [5.74, 6) is -3.05. The Morgan fingerprint density at radius 2 is 1.92 bits per heavy atom. The van der Waals surface area contributed by atoms with Crippen molar-refractivity contribution in [1.82, 2.24) is 4.98 Å². The Balaban J connectivity index is 2.72. The number of benzene rings is 1. The number of H-pyrrole nitrogens is 1. The Labute approximate surface area is 158 Å². The van der Waals surface area contributed by atoms with Crippen LogP contribution in [-0.4, -0.2) is 36.2 Å². The summed E-state index contributed by atoms with van der Waals surface area (Å²) in [5.41, 5.74) is -0.774. The van der Waals surface area contributed by atoms with Crippen LogP contribution in [0.1, 0.15) is 33.8 Å². The molecule has 2 aromatic rings. The fourth-order valence-corrected chi connectivity index (χ4v) is 3.07. The molecule has 0 aliphatic heterocycles. The number of methoxy groups -OCH3 is 2. The minimum atomic E-state index is -0.972. The highest BCUT2D eigenvalue weighted by Gasteiger charge is 2.29. The second-order valence-electron chi connectivity index (χ2n) is 5.28. The van der Waals surface area contributed by atoms with Crippen LogP contribution in [0.25, 0.3) is 0 Å². The Bertz CT molecular complexity index is 909. The Hall–Kier alpha value is -2.51. The third-order valence-electron chi connectivity index (χ3n) is 3.79. The molecule has 0 unspecified atom stereocenters. The maximum atomic E-state index is 12.4. The van der Waals surface area contributed by atoms with E-state index in [1.165, 1.54) is 25.3 Å². The third kappa shape index (κ3) is 4.00. The van der Waals surface area contributed by atoms with Crippen molar-refractivity contribution in [1.29, 1.82) is 0 Å². The van der Waals surface area contributed by atoms with Gasteiger partial charge in [0.2, 0.25) is 0 Å². The smallest absolute Gasteiger partial charge is 0.343 e. The molecule has 2 rings (SSSR count). The van der Waals surface area contributed by atoms with E-state index in [1.54, 1.807) is 0 Å². The van der Waals surface area contributed by atoms with Crippen molar-refractivity contribution in [2.75, 3.05) is 14.2 Å². The van der Waals surface area contributed by atoms with E-state index in [-0.39, 0.29) is 22.6 Å². The average Bonchev–Trinajstić information content (AvgIpc) is 2.60. The lowest BCUT2D eigenvalue weighted by molar-refractivity contribution is -0.140. The molecule has 0 aliphatic carbocycles. The molecular weight excluding hydrogens is 385 g/mol. The first-order chi connectivity index (χ1) is 12.3. The molecule has 0 spiro atoms. The summed E-state index contributed by atoms with van der Waals surface area (Å²) in [4.78, 5) is 38.4. The van der Waals surface area contributed by atoms with Crippen LogP contribution < -0.4 is 5.56 Å². The van der Waals surface area contributed by atoms with Gasteiger partial charge < -0.3 is 19.6 Å². The topological polar surface area (TPSA) is 106 Å². The molecule has 138 valence electrons. The van der Waals surface area contributed by atoms with Crippen LogP contribution in [0.3, 0.4) is 0 Å². The molecule has 1 atom stereocenters. The maximum Gasteiger partial charge on any atom is 0.343 e. The highest BCUT2D eigenvalue weighted by molar-refractivity contribution is 6.35. The molecule has 0 amide bonds. The zero-order valence-corrected chi connectivity index (χ0v) is 15.4. The first-order valence-corrected chi connectivity index (χ1v) is 8.10. The van der Waals surface area contributed by atoms with Crippen molar-refractivity contribution in [3.05, 3.63) is 61.5 Å². The van der Waals surface area contributed by atoms with E-state index in [1.807, 2.05) is 0 Å². The minimum absolute atomic E-state index is 0.189. The number of ether oxygens (including phenoxy) is 2. The molecule has 1 heterocycles. The third-order valence-corrected chi connectivity index (χ3v) is 4.36. The maximum absolute atomic E-state index is 12.4. The van der Waals surface area contributed by atoms with E-state index >= 15 is 0 Å². The number of halogens is 2. The van der Waals surface area contributed by atoms with Gasteiger partial charge in [0, 0.05) is 22.2 Å². The molecule has 0 radical (unpaired) electrons. The number of carbonyl (C=O) groups is 2. The van der Waals surface area contributed by atoms with Gasteiger partial charge in [-0.15, -0.1) is 0 Å². The molecule has 1 aromatic carbocycles. The van der Waals surface area contributed by atoms with Gasteiger partial charge in [0.05, 0.1) is 26.2 Å². The van der Waals surface area contributed by atoms with Gasteiger partial charge in [-0.25, -0.2) is 4.79 Å². The summed E-state index contributed by atoms with van der Waals surface area (Å²) in [6.07, 6.45) is 0.741. The SMILES string of the molecule is COC(=O)C[C@@H](c1ccc(Cl)cc1Cl)c1c(O)c(C(=O)OC)c[nH]c1=O. The average molecular weight is 400 g/mol. The van der Waals surface area contributed by atoms with Crippen LogP contribution in [0.2, 0.25) is 10.0 Å². The molecule has 0 saturated carbocycles. The summed E-state index contributed by atoms with van der Waals surface area (Å²) in [6, 6.07) is 4.50. The van der Waals surface area contributed by atoms with Crippen LogP contribution in [-0.2, 0) is 14.3 Å². The van der Waals surface area contributed by atoms with Gasteiger partial charge in [-0.2, -0.15) is 0 Å². The second kappa shape index (κ2) is 8.25. The summed E-state index contributed by atoms with van der Waals surface area (Å²) >= 11 is 12.1. The lowest BCUT2D eigenvalue weighted by Gasteiger charge is -2.19. The molecule has 7 nitrogen and oxygen atoms in total. The van der Waals surface area contributed by atoms with Crippen molar-refractivity contribution >= 4 is 35.1 Å². The standard InChI is InChI=1S/C17H15Cl2NO6/c1-25-13(21)6-10(9-4-3-8(18)5-12(9)19)14-15(22)11(17(24)26-2)7-20-16(14)23/h3-5,7,10H,6H2,1-2H3,(H2,20,22,23)/t10-/m0/s1. The van der Waals surface area contributed by atoms with Crippen molar-refractivity contribution in [2.24, 2.45) is 0 Å². The quantitative estimate of drug-likeness (QED) is 0.748. The van der Waals surface area contributed by atoms with Gasteiger partial charge in [-0.05, 0) is 17.7 Å². The molecule has 26 heavy (non-hydrogen) atoms. The molecule has 9 heteroatoms. The first kappa shape index (κ1) is 19.8. The summed E-state index contributed by atoms with van der Waals surface area (Å²) in [5, 5.41) is 11.0. The summed E-state index contributed by atoms with van der Waals surface area (Å²) in [7, 11) is 2.33. The van der Waals surface area contributed by atoms with Crippen molar-refractivity contribution in [3.8, 4) is 5.75 Å². The summed E-state index contributed by atoms with van der Waals surface area (Å²) < 4.78 is 9.26. The van der Waals surface area contributed by atoms with Crippen molar-refractivity contribution in [3.63, 3.8) is 0 Å². The molecular formula is C17H15Cl2NO6. The largest absolute Gasteiger partial charge is 0.506 e. The van der Waals surface area contributed by atoms with E-state index in [0.717, 1.165) is 13.3 Å². The van der Waals surface area contributed by atoms with Crippen LogP contribution in [0, 0.1) is 0 Å². The van der Waals surface area contributed by atoms with Gasteiger partial charge in [-0.3, -0.25) is 9.59 Å². The first-order valence-electron chi connectivity index (χ1n) is 7.34. The number of aromatic hydroxyl groups is 1. The van der Waals surface area contributed by atoms with Crippen LogP contribution in [0.5, 0.6) is 5.75 Å². The number of rotatable bonds is 5. The monoisotopic (exact) mass is 399 g/mol. The molecule has 0 aliphatic rings. The van der Waals surface area contributed by atoms with Gasteiger partial charge >= 0.3 is 11.9 Å². The zero-order valence-electron chi connectivity index (χ0n) is 13.8. The predicted octanol–water partition coefficient (Wildman–Crippen LogP) is 2.87. The zero-order chi connectivity index (χ0) is 19.4. The second-order valence-corrected chi connectivity index (χ2v) is 6.13. The number of hydrogen-bond donors (Lipinski definition) is 2. The number of carbonyl (C=O) groups excluding carboxylic acids is 2. The van der Waals surface area contributed by atoms with E-state index in [2.05, 4.69) is 14.5 Å². The number of hydrogen-bond acceptors (Lipinski definition) is 6. The number of aromatic nitrogens is 1. The predicted molar refractivity (Wildman–Crippen MR) is 95.0 cm³/mol. The lowest BCUT2D eigenvalue weighted by atomic mass is 9.87. The Morgan fingerprint density at radius 1 is 1.23 bits per heavy atom. The Kier molecular flexibility index (Phi) is 6.28. The van der Waals surface area contributed by atoms with E-state index in [9.17, 15) is 19.5 Å². The van der Waals surface area contributed by atoms with Crippen LogP contribution in [0.15, 0.2) is 29.2 Å². The van der Waals surface area contributed by atoms with Gasteiger partial charge in [0.1, 0.15) is 11.3 Å². The van der Waals surface area contributed by atoms with Crippen LogP contribution in [0.4, 0.5) is 0 Å². The number of pyridine rings is 1. The molecule has 1 aromatic heterocycles. The van der Waals surface area contributed by atoms with Crippen molar-refractivity contribution < 1.29 is 24.2 Å². The van der Waals surface area contributed by atoms with E-state index < -0.39 is 29.2 Å². The van der Waals surface area contributed by atoms with Gasteiger partial charge in [0.15, 0.2) is 0 Å².